The van der Waals surface area contributed by atoms with Crippen molar-refractivity contribution in [1.29, 1.82) is 0 Å². The van der Waals surface area contributed by atoms with Crippen molar-refractivity contribution in [3.63, 3.8) is 0 Å². The van der Waals surface area contributed by atoms with Crippen LogP contribution in [0, 0.1) is 10.5 Å². The van der Waals surface area contributed by atoms with Gasteiger partial charge in [0.05, 0.1) is 0 Å². The van der Waals surface area contributed by atoms with Crippen molar-refractivity contribution in [2.24, 2.45) is 0 Å². The fraction of sp³-hybridized carbons (Fsp3) is 0.0833. The first-order chi connectivity index (χ1) is 7.25. The largest absolute Gasteiger partial charge is 0.439 e. The van der Waals surface area contributed by atoms with Crippen molar-refractivity contribution in [2.75, 3.05) is 0 Å². The summed E-state index contributed by atoms with van der Waals surface area (Å²) in [5, 5.41) is 0. The van der Waals surface area contributed by atoms with E-state index in [1.54, 1.807) is 6.20 Å². The smallest absolute Gasteiger partial charge is 0.222 e. The zero-order valence-electron chi connectivity index (χ0n) is 8.27. The zero-order chi connectivity index (χ0) is 10.7. The molecule has 0 amide bonds. The van der Waals surface area contributed by atoms with E-state index in [2.05, 4.69) is 27.6 Å². The lowest BCUT2D eigenvalue weighted by Crippen LogP contribution is -1.90. The van der Waals surface area contributed by atoms with Gasteiger partial charge in [0.2, 0.25) is 5.88 Å². The standard InChI is InChI=1S/C12H10INO/c1-9-4-3-7-14-12(9)15-11-6-2-5-10(13)8-11/h2-8H,1H3. The number of hydrogen-bond donors (Lipinski definition) is 0. The predicted octanol–water partition coefficient (Wildman–Crippen LogP) is 3.79. The molecule has 0 aliphatic heterocycles. The van der Waals surface area contributed by atoms with Gasteiger partial charge in [-0.15, -0.1) is 0 Å². The molecule has 0 atom stereocenters. The van der Waals surface area contributed by atoms with Crippen LogP contribution in [-0.4, -0.2) is 4.98 Å². The van der Waals surface area contributed by atoms with Crippen molar-refractivity contribution < 1.29 is 4.74 Å². The molecule has 0 N–H and O–H groups in total. The molecule has 0 fully saturated rings. The van der Waals surface area contributed by atoms with E-state index in [4.69, 9.17) is 4.74 Å². The van der Waals surface area contributed by atoms with Gasteiger partial charge in [-0.3, -0.25) is 0 Å². The molecule has 0 aliphatic rings. The number of aromatic nitrogens is 1. The summed E-state index contributed by atoms with van der Waals surface area (Å²) in [4.78, 5) is 4.18. The average molecular weight is 311 g/mol. The van der Waals surface area contributed by atoms with E-state index in [1.807, 2.05) is 43.3 Å². The first kappa shape index (κ1) is 10.4. The molecule has 0 bridgehead atoms. The van der Waals surface area contributed by atoms with Crippen molar-refractivity contribution in [2.45, 2.75) is 6.92 Å². The molecule has 2 nitrogen and oxygen atoms in total. The minimum atomic E-state index is 0.666. The molecule has 0 spiro atoms. The van der Waals surface area contributed by atoms with Gasteiger partial charge in [0, 0.05) is 15.3 Å². The molecule has 2 aromatic rings. The van der Waals surface area contributed by atoms with Crippen LogP contribution < -0.4 is 4.74 Å². The number of rotatable bonds is 2. The van der Waals surface area contributed by atoms with E-state index in [0.29, 0.717) is 5.88 Å². The minimum absolute atomic E-state index is 0.666. The lowest BCUT2D eigenvalue weighted by Gasteiger charge is -2.06. The number of nitrogens with zero attached hydrogens (tertiary/aromatic N) is 1. The van der Waals surface area contributed by atoms with Crippen LogP contribution in [0.3, 0.4) is 0 Å². The van der Waals surface area contributed by atoms with Crippen molar-refractivity contribution >= 4 is 22.6 Å². The minimum Gasteiger partial charge on any atom is -0.439 e. The Bertz CT molecular complexity index is 471. The van der Waals surface area contributed by atoms with Crippen LogP contribution in [0.2, 0.25) is 0 Å². The van der Waals surface area contributed by atoms with Crippen LogP contribution >= 0.6 is 22.6 Å². The third-order valence-corrected chi connectivity index (χ3v) is 2.64. The van der Waals surface area contributed by atoms with Gasteiger partial charge in [-0.05, 0) is 53.8 Å². The van der Waals surface area contributed by atoms with Crippen molar-refractivity contribution in [3.05, 3.63) is 51.7 Å². The maximum absolute atomic E-state index is 5.67. The number of hydrogen-bond acceptors (Lipinski definition) is 2. The monoisotopic (exact) mass is 311 g/mol. The second-order valence-corrected chi connectivity index (χ2v) is 4.43. The third-order valence-electron chi connectivity index (χ3n) is 1.97. The maximum atomic E-state index is 5.67. The molecule has 0 radical (unpaired) electrons. The Kier molecular flexibility index (Phi) is 3.20. The first-order valence-corrected chi connectivity index (χ1v) is 5.68. The average Bonchev–Trinajstić information content (AvgIpc) is 2.22. The lowest BCUT2D eigenvalue weighted by atomic mass is 10.3. The lowest BCUT2D eigenvalue weighted by molar-refractivity contribution is 0.458. The molecular formula is C12H10INO. The van der Waals surface area contributed by atoms with Crippen molar-refractivity contribution in [1.82, 2.24) is 4.98 Å². The molecule has 0 saturated heterocycles. The van der Waals surface area contributed by atoms with Gasteiger partial charge in [-0.2, -0.15) is 0 Å². The van der Waals surface area contributed by atoms with Gasteiger partial charge in [0.25, 0.3) is 0 Å². The molecule has 76 valence electrons. The van der Waals surface area contributed by atoms with E-state index in [-0.39, 0.29) is 0 Å². The van der Waals surface area contributed by atoms with Crippen LogP contribution in [0.5, 0.6) is 11.6 Å². The normalized spacial score (nSPS) is 10.0. The van der Waals surface area contributed by atoms with E-state index >= 15 is 0 Å². The number of halogens is 1. The van der Waals surface area contributed by atoms with Crippen molar-refractivity contribution in [3.8, 4) is 11.6 Å². The zero-order valence-corrected chi connectivity index (χ0v) is 10.4. The van der Waals surface area contributed by atoms with E-state index in [9.17, 15) is 0 Å². The Morgan fingerprint density at radius 1 is 1.20 bits per heavy atom. The second-order valence-electron chi connectivity index (χ2n) is 3.18. The quantitative estimate of drug-likeness (QED) is 0.787. The van der Waals surface area contributed by atoms with E-state index in [0.717, 1.165) is 14.9 Å². The second kappa shape index (κ2) is 4.61. The van der Waals surface area contributed by atoms with Gasteiger partial charge in [-0.1, -0.05) is 12.1 Å². The SMILES string of the molecule is Cc1cccnc1Oc1cccc(I)c1. The molecule has 0 saturated carbocycles. The van der Waals surface area contributed by atoms with Crippen LogP contribution in [0.15, 0.2) is 42.6 Å². The van der Waals surface area contributed by atoms with E-state index < -0.39 is 0 Å². The van der Waals surface area contributed by atoms with Crippen LogP contribution in [0.1, 0.15) is 5.56 Å². The summed E-state index contributed by atoms with van der Waals surface area (Å²) in [7, 11) is 0. The van der Waals surface area contributed by atoms with E-state index in [1.165, 1.54) is 0 Å². The molecule has 15 heavy (non-hydrogen) atoms. The van der Waals surface area contributed by atoms with Gasteiger partial charge in [0.15, 0.2) is 0 Å². The topological polar surface area (TPSA) is 22.1 Å². The molecule has 1 aromatic heterocycles. The third kappa shape index (κ3) is 2.68. The summed E-state index contributed by atoms with van der Waals surface area (Å²) in [6.45, 7) is 1.98. The summed E-state index contributed by atoms with van der Waals surface area (Å²) in [5.74, 6) is 1.49. The summed E-state index contributed by atoms with van der Waals surface area (Å²) >= 11 is 2.26. The number of pyridine rings is 1. The summed E-state index contributed by atoms with van der Waals surface area (Å²) in [6, 6.07) is 11.8. The van der Waals surface area contributed by atoms with Crippen LogP contribution in [0.4, 0.5) is 0 Å². The number of ether oxygens (including phenoxy) is 1. The Labute approximate surface area is 102 Å². The number of aryl methyl sites for hydroxylation is 1. The van der Waals surface area contributed by atoms with Gasteiger partial charge in [-0.25, -0.2) is 4.98 Å². The highest BCUT2D eigenvalue weighted by Crippen LogP contribution is 2.23. The Balaban J connectivity index is 2.26. The molecule has 3 heteroatoms. The van der Waals surface area contributed by atoms with Crippen LogP contribution in [-0.2, 0) is 0 Å². The molecule has 1 aromatic carbocycles. The Morgan fingerprint density at radius 3 is 2.80 bits per heavy atom. The fourth-order valence-corrected chi connectivity index (χ4v) is 1.73. The molecule has 0 aliphatic carbocycles. The highest BCUT2D eigenvalue weighted by atomic mass is 127. The molecule has 0 unspecified atom stereocenters. The van der Waals surface area contributed by atoms with Gasteiger partial charge < -0.3 is 4.74 Å². The predicted molar refractivity (Wildman–Crippen MR) is 68.2 cm³/mol. The highest BCUT2D eigenvalue weighted by molar-refractivity contribution is 14.1. The maximum Gasteiger partial charge on any atom is 0.222 e. The molecule has 2 rings (SSSR count). The highest BCUT2D eigenvalue weighted by Gasteiger charge is 2.01. The Hall–Kier alpha value is -1.10. The molecular weight excluding hydrogens is 301 g/mol. The number of benzene rings is 1. The van der Waals surface area contributed by atoms with Crippen LogP contribution in [0.25, 0.3) is 0 Å². The fourth-order valence-electron chi connectivity index (χ4n) is 1.22. The summed E-state index contributed by atoms with van der Waals surface area (Å²) < 4.78 is 6.83. The summed E-state index contributed by atoms with van der Waals surface area (Å²) in [6.07, 6.45) is 1.73. The molecule has 1 heterocycles. The first-order valence-electron chi connectivity index (χ1n) is 4.61. The van der Waals surface area contributed by atoms with Gasteiger partial charge in [0.1, 0.15) is 5.75 Å². The Morgan fingerprint density at radius 2 is 2.07 bits per heavy atom. The van der Waals surface area contributed by atoms with Gasteiger partial charge >= 0.3 is 0 Å². The summed E-state index contributed by atoms with van der Waals surface area (Å²) in [5.41, 5.74) is 1.04.